The molecule has 0 atom stereocenters. The molecule has 0 bridgehead atoms. The van der Waals surface area contributed by atoms with Crippen molar-refractivity contribution >= 4 is 16.7 Å². The molecule has 2 aromatic carbocycles. The van der Waals surface area contributed by atoms with E-state index in [9.17, 15) is 9.59 Å². The number of aromatic nitrogens is 2. The molecule has 1 heterocycles. The Kier molecular flexibility index (Phi) is 5.17. The zero-order chi connectivity index (χ0) is 18.5. The van der Waals surface area contributed by atoms with Crippen molar-refractivity contribution in [2.45, 2.75) is 13.1 Å². The molecule has 1 aromatic heterocycles. The standard InChI is InChI=1S/C19H19N3O4/c1-25-15-7-8-17(26-2)14(9-15)10-20-18(23)12-22-19(24)16-6-4-3-5-13(16)11-21-22/h3-9,11H,10,12H2,1-2H3,(H,20,23). The summed E-state index contributed by atoms with van der Waals surface area (Å²) in [7, 11) is 3.13. The van der Waals surface area contributed by atoms with E-state index in [2.05, 4.69) is 10.4 Å². The molecule has 0 fully saturated rings. The van der Waals surface area contributed by atoms with Gasteiger partial charge in [0, 0.05) is 17.5 Å². The number of carbonyl (C=O) groups excluding carboxylic acids is 1. The number of amides is 1. The number of methoxy groups -OCH3 is 2. The highest BCUT2D eigenvalue weighted by atomic mass is 16.5. The van der Waals surface area contributed by atoms with Crippen LogP contribution in [0.15, 0.2) is 53.5 Å². The highest BCUT2D eigenvalue weighted by molar-refractivity contribution is 5.81. The molecule has 0 aliphatic carbocycles. The van der Waals surface area contributed by atoms with Gasteiger partial charge in [-0.15, -0.1) is 0 Å². The van der Waals surface area contributed by atoms with E-state index in [0.29, 0.717) is 16.9 Å². The fraction of sp³-hybridized carbons (Fsp3) is 0.211. The molecule has 3 aromatic rings. The molecule has 0 saturated carbocycles. The average Bonchev–Trinajstić information content (AvgIpc) is 2.68. The molecule has 3 rings (SSSR count). The molecule has 0 unspecified atom stereocenters. The van der Waals surface area contributed by atoms with Gasteiger partial charge in [0.05, 0.1) is 25.8 Å². The maximum atomic E-state index is 12.4. The lowest BCUT2D eigenvalue weighted by molar-refractivity contribution is -0.122. The Hall–Kier alpha value is -3.35. The highest BCUT2D eigenvalue weighted by Gasteiger charge is 2.10. The number of rotatable bonds is 6. The smallest absolute Gasteiger partial charge is 0.275 e. The van der Waals surface area contributed by atoms with Gasteiger partial charge in [-0.2, -0.15) is 5.10 Å². The fourth-order valence-electron chi connectivity index (χ4n) is 2.65. The first-order valence-corrected chi connectivity index (χ1v) is 8.05. The third-order valence-corrected chi connectivity index (χ3v) is 4.02. The first-order chi connectivity index (χ1) is 12.6. The quantitative estimate of drug-likeness (QED) is 0.730. The summed E-state index contributed by atoms with van der Waals surface area (Å²) in [6, 6.07) is 12.5. The maximum Gasteiger partial charge on any atom is 0.275 e. The molecule has 0 saturated heterocycles. The molecule has 0 aliphatic rings. The van der Waals surface area contributed by atoms with Crippen LogP contribution in [0.25, 0.3) is 10.8 Å². The first kappa shape index (κ1) is 17.5. The van der Waals surface area contributed by atoms with Gasteiger partial charge in [0.2, 0.25) is 5.91 Å². The first-order valence-electron chi connectivity index (χ1n) is 8.05. The van der Waals surface area contributed by atoms with Crippen molar-refractivity contribution in [2.24, 2.45) is 0 Å². The Balaban J connectivity index is 1.72. The predicted molar refractivity (Wildman–Crippen MR) is 97.4 cm³/mol. The number of nitrogens with one attached hydrogen (secondary N) is 1. The zero-order valence-corrected chi connectivity index (χ0v) is 14.6. The Morgan fingerprint density at radius 2 is 1.96 bits per heavy atom. The molecule has 134 valence electrons. The van der Waals surface area contributed by atoms with Gasteiger partial charge in [-0.3, -0.25) is 9.59 Å². The summed E-state index contributed by atoms with van der Waals surface area (Å²) in [5, 5.41) is 8.11. The third kappa shape index (κ3) is 3.66. The lowest BCUT2D eigenvalue weighted by Gasteiger charge is -2.12. The van der Waals surface area contributed by atoms with Crippen LogP contribution >= 0.6 is 0 Å². The number of ether oxygens (including phenoxy) is 2. The van der Waals surface area contributed by atoms with Crippen molar-refractivity contribution in [3.05, 3.63) is 64.6 Å². The monoisotopic (exact) mass is 353 g/mol. The number of nitrogens with zero attached hydrogens (tertiary/aromatic N) is 2. The highest BCUT2D eigenvalue weighted by Crippen LogP contribution is 2.23. The van der Waals surface area contributed by atoms with Gasteiger partial charge in [-0.25, -0.2) is 4.68 Å². The molecule has 0 spiro atoms. The minimum absolute atomic E-state index is 0.157. The van der Waals surface area contributed by atoms with Gasteiger partial charge < -0.3 is 14.8 Å². The molecular formula is C19H19N3O4. The molecule has 0 aliphatic heterocycles. The Bertz CT molecular complexity index is 997. The summed E-state index contributed by atoms with van der Waals surface area (Å²) < 4.78 is 11.6. The number of fused-ring (bicyclic) bond motifs is 1. The average molecular weight is 353 g/mol. The van der Waals surface area contributed by atoms with E-state index in [-0.39, 0.29) is 24.6 Å². The van der Waals surface area contributed by atoms with E-state index in [0.717, 1.165) is 15.6 Å². The summed E-state index contributed by atoms with van der Waals surface area (Å²) >= 11 is 0. The van der Waals surface area contributed by atoms with Gasteiger partial charge in [0.15, 0.2) is 0 Å². The van der Waals surface area contributed by atoms with Crippen LogP contribution in [0, 0.1) is 0 Å². The zero-order valence-electron chi connectivity index (χ0n) is 14.6. The van der Waals surface area contributed by atoms with Crippen molar-refractivity contribution in [1.82, 2.24) is 15.1 Å². The summed E-state index contributed by atoms with van der Waals surface area (Å²) in [5.41, 5.74) is 0.483. The normalized spacial score (nSPS) is 10.5. The van der Waals surface area contributed by atoms with E-state index >= 15 is 0 Å². The van der Waals surface area contributed by atoms with E-state index in [1.54, 1.807) is 50.7 Å². The molecular weight excluding hydrogens is 334 g/mol. The van der Waals surface area contributed by atoms with E-state index in [4.69, 9.17) is 9.47 Å². The lowest BCUT2D eigenvalue weighted by atomic mass is 10.2. The van der Waals surface area contributed by atoms with Crippen LogP contribution in [-0.2, 0) is 17.9 Å². The van der Waals surface area contributed by atoms with Crippen molar-refractivity contribution in [2.75, 3.05) is 14.2 Å². The minimum Gasteiger partial charge on any atom is -0.497 e. The SMILES string of the molecule is COc1ccc(OC)c(CNC(=O)Cn2ncc3ccccc3c2=O)c1. The van der Waals surface area contributed by atoms with Gasteiger partial charge in [0.1, 0.15) is 18.0 Å². The summed E-state index contributed by atoms with van der Waals surface area (Å²) in [5.74, 6) is 0.995. The molecule has 0 radical (unpaired) electrons. The predicted octanol–water partition coefficient (Wildman–Crippen LogP) is 1.73. The van der Waals surface area contributed by atoms with Crippen LogP contribution in [0.1, 0.15) is 5.56 Å². The van der Waals surface area contributed by atoms with Gasteiger partial charge in [0.25, 0.3) is 5.56 Å². The van der Waals surface area contributed by atoms with E-state index < -0.39 is 0 Å². The van der Waals surface area contributed by atoms with Crippen LogP contribution in [0.5, 0.6) is 11.5 Å². The second-order valence-electron chi connectivity index (χ2n) is 5.65. The van der Waals surface area contributed by atoms with Gasteiger partial charge in [-0.1, -0.05) is 18.2 Å². The van der Waals surface area contributed by atoms with Crippen LogP contribution < -0.4 is 20.3 Å². The van der Waals surface area contributed by atoms with E-state index in [1.165, 1.54) is 0 Å². The Morgan fingerprint density at radius 1 is 1.15 bits per heavy atom. The van der Waals surface area contributed by atoms with Gasteiger partial charge in [-0.05, 0) is 24.3 Å². The number of benzene rings is 2. The maximum absolute atomic E-state index is 12.4. The molecule has 1 amide bonds. The van der Waals surface area contributed by atoms with Crippen molar-refractivity contribution in [3.8, 4) is 11.5 Å². The third-order valence-electron chi connectivity index (χ3n) is 4.02. The second kappa shape index (κ2) is 7.69. The van der Waals surface area contributed by atoms with Crippen LogP contribution in [0.3, 0.4) is 0 Å². The van der Waals surface area contributed by atoms with Crippen molar-refractivity contribution in [3.63, 3.8) is 0 Å². The minimum atomic E-state index is -0.320. The Morgan fingerprint density at radius 3 is 2.73 bits per heavy atom. The summed E-state index contributed by atoms with van der Waals surface area (Å²) in [6.45, 7) is 0.0947. The van der Waals surface area contributed by atoms with Crippen molar-refractivity contribution in [1.29, 1.82) is 0 Å². The molecule has 7 nitrogen and oxygen atoms in total. The lowest BCUT2D eigenvalue weighted by Crippen LogP contribution is -2.33. The molecule has 7 heteroatoms. The van der Waals surface area contributed by atoms with E-state index in [1.807, 2.05) is 12.1 Å². The van der Waals surface area contributed by atoms with Crippen LogP contribution in [0.4, 0.5) is 0 Å². The molecule has 26 heavy (non-hydrogen) atoms. The fourth-order valence-corrected chi connectivity index (χ4v) is 2.65. The van der Waals surface area contributed by atoms with Gasteiger partial charge >= 0.3 is 0 Å². The number of hydrogen-bond donors (Lipinski definition) is 1. The largest absolute Gasteiger partial charge is 0.497 e. The van der Waals surface area contributed by atoms with Crippen LogP contribution in [-0.4, -0.2) is 29.9 Å². The summed E-state index contributed by atoms with van der Waals surface area (Å²) in [6.07, 6.45) is 1.58. The second-order valence-corrected chi connectivity index (χ2v) is 5.65. The topological polar surface area (TPSA) is 82.4 Å². The van der Waals surface area contributed by atoms with Crippen molar-refractivity contribution < 1.29 is 14.3 Å². The number of hydrogen-bond acceptors (Lipinski definition) is 5. The number of carbonyl (C=O) groups is 1. The molecule has 1 N–H and O–H groups in total. The summed E-state index contributed by atoms with van der Waals surface area (Å²) in [4.78, 5) is 24.7. The van der Waals surface area contributed by atoms with Crippen LogP contribution in [0.2, 0.25) is 0 Å². The Labute approximate surface area is 150 Å².